The van der Waals surface area contributed by atoms with Gasteiger partial charge in [-0.2, -0.15) is 16.4 Å². The van der Waals surface area contributed by atoms with Gasteiger partial charge in [-0.15, -0.1) is 0 Å². The SMILES string of the molecule is Cc1n[nH]c(=O)c(/C=C/c2ccsc2)c1-c1ccccc1OCc1ccccc1. The standard InChI is InChI=1S/C24H20N2O2S/c1-17-23(21(24(27)26-25-17)12-11-19-13-14-29-16-19)20-9-5-6-10-22(20)28-15-18-7-3-2-4-8-18/h2-14,16H,15H2,1H3,(H,26,27)/b12-11+. The molecule has 4 nitrogen and oxygen atoms in total. The number of hydrogen-bond acceptors (Lipinski definition) is 4. The third-order valence-electron chi connectivity index (χ3n) is 4.58. The molecule has 0 saturated heterocycles. The highest BCUT2D eigenvalue weighted by Gasteiger charge is 2.16. The smallest absolute Gasteiger partial charge is 0.272 e. The molecule has 0 aliphatic carbocycles. The Hall–Kier alpha value is -3.44. The van der Waals surface area contributed by atoms with E-state index in [1.807, 2.05) is 90.5 Å². The maximum Gasteiger partial charge on any atom is 0.272 e. The minimum absolute atomic E-state index is 0.227. The molecule has 0 bridgehead atoms. The van der Waals surface area contributed by atoms with Crippen molar-refractivity contribution < 1.29 is 4.74 Å². The zero-order chi connectivity index (χ0) is 20.1. The van der Waals surface area contributed by atoms with E-state index in [9.17, 15) is 4.79 Å². The second-order valence-corrected chi connectivity index (χ2v) is 7.37. The predicted molar refractivity (Wildman–Crippen MR) is 119 cm³/mol. The van der Waals surface area contributed by atoms with Crippen LogP contribution in [0.4, 0.5) is 0 Å². The molecule has 5 heteroatoms. The van der Waals surface area contributed by atoms with Crippen molar-refractivity contribution in [1.29, 1.82) is 0 Å². The maximum absolute atomic E-state index is 12.6. The van der Waals surface area contributed by atoms with E-state index in [4.69, 9.17) is 4.74 Å². The minimum Gasteiger partial charge on any atom is -0.488 e. The van der Waals surface area contributed by atoms with E-state index in [2.05, 4.69) is 10.2 Å². The van der Waals surface area contributed by atoms with Gasteiger partial charge in [-0.05, 0) is 47.0 Å². The number of rotatable bonds is 6. The number of aryl methyl sites for hydroxylation is 1. The van der Waals surface area contributed by atoms with Gasteiger partial charge < -0.3 is 4.74 Å². The van der Waals surface area contributed by atoms with Gasteiger partial charge in [0, 0.05) is 11.1 Å². The first-order valence-electron chi connectivity index (χ1n) is 9.28. The number of hydrogen-bond donors (Lipinski definition) is 1. The molecule has 4 rings (SSSR count). The van der Waals surface area contributed by atoms with E-state index in [0.29, 0.717) is 12.2 Å². The number of thiophene rings is 1. The number of aromatic nitrogens is 2. The van der Waals surface area contributed by atoms with Crippen LogP contribution in [0.25, 0.3) is 23.3 Å². The van der Waals surface area contributed by atoms with Gasteiger partial charge in [0.05, 0.1) is 11.3 Å². The van der Waals surface area contributed by atoms with Crippen LogP contribution in [0.15, 0.2) is 76.2 Å². The van der Waals surface area contributed by atoms with Gasteiger partial charge in [0.1, 0.15) is 12.4 Å². The van der Waals surface area contributed by atoms with Crippen LogP contribution in [0.3, 0.4) is 0 Å². The van der Waals surface area contributed by atoms with Crippen molar-refractivity contribution >= 4 is 23.5 Å². The lowest BCUT2D eigenvalue weighted by Gasteiger charge is -2.14. The number of nitrogens with one attached hydrogen (secondary N) is 1. The molecular formula is C24H20N2O2S. The molecule has 0 fully saturated rings. The molecular weight excluding hydrogens is 380 g/mol. The average molecular weight is 401 g/mol. The molecule has 1 N–H and O–H groups in total. The number of H-pyrrole nitrogens is 1. The Labute approximate surface area is 173 Å². The Kier molecular flexibility index (Phi) is 5.68. The molecule has 0 aliphatic rings. The molecule has 0 radical (unpaired) electrons. The van der Waals surface area contributed by atoms with E-state index >= 15 is 0 Å². The minimum atomic E-state index is -0.227. The lowest BCUT2D eigenvalue weighted by atomic mass is 9.98. The fourth-order valence-corrected chi connectivity index (χ4v) is 3.77. The summed E-state index contributed by atoms with van der Waals surface area (Å²) in [6.07, 6.45) is 3.79. The van der Waals surface area contributed by atoms with Gasteiger partial charge in [-0.3, -0.25) is 4.79 Å². The van der Waals surface area contributed by atoms with Crippen LogP contribution in [0.2, 0.25) is 0 Å². The van der Waals surface area contributed by atoms with Gasteiger partial charge in [-0.25, -0.2) is 5.10 Å². The Balaban J connectivity index is 1.75. The van der Waals surface area contributed by atoms with Crippen molar-refractivity contribution in [1.82, 2.24) is 10.2 Å². The van der Waals surface area contributed by atoms with Gasteiger partial charge in [0.25, 0.3) is 5.56 Å². The largest absolute Gasteiger partial charge is 0.488 e. The van der Waals surface area contributed by atoms with Crippen molar-refractivity contribution in [2.24, 2.45) is 0 Å². The Morgan fingerprint density at radius 1 is 1.03 bits per heavy atom. The highest BCUT2D eigenvalue weighted by molar-refractivity contribution is 7.08. The highest BCUT2D eigenvalue weighted by atomic mass is 32.1. The molecule has 2 aromatic heterocycles. The number of benzene rings is 2. The van der Waals surface area contributed by atoms with Crippen LogP contribution in [0.5, 0.6) is 5.75 Å². The van der Waals surface area contributed by atoms with Crippen molar-refractivity contribution in [2.45, 2.75) is 13.5 Å². The number of para-hydroxylation sites is 1. The van der Waals surface area contributed by atoms with Gasteiger partial charge >= 0.3 is 0 Å². The van der Waals surface area contributed by atoms with E-state index in [1.165, 1.54) is 0 Å². The summed E-state index contributed by atoms with van der Waals surface area (Å²) >= 11 is 1.62. The maximum atomic E-state index is 12.6. The van der Waals surface area contributed by atoms with Crippen LogP contribution in [0, 0.1) is 6.92 Å². The molecule has 29 heavy (non-hydrogen) atoms. The summed E-state index contributed by atoms with van der Waals surface area (Å²) in [7, 11) is 0. The normalized spacial score (nSPS) is 11.1. The third-order valence-corrected chi connectivity index (χ3v) is 5.28. The molecule has 0 spiro atoms. The van der Waals surface area contributed by atoms with E-state index in [0.717, 1.165) is 33.7 Å². The predicted octanol–water partition coefficient (Wildman–Crippen LogP) is 5.56. The molecule has 0 aliphatic heterocycles. The van der Waals surface area contributed by atoms with Crippen molar-refractivity contribution in [2.75, 3.05) is 0 Å². The van der Waals surface area contributed by atoms with Crippen LogP contribution in [0.1, 0.15) is 22.4 Å². The van der Waals surface area contributed by atoms with Gasteiger partial charge in [0.15, 0.2) is 0 Å². The van der Waals surface area contributed by atoms with E-state index < -0.39 is 0 Å². The van der Waals surface area contributed by atoms with Crippen LogP contribution in [-0.4, -0.2) is 10.2 Å². The summed E-state index contributed by atoms with van der Waals surface area (Å²) in [5.74, 6) is 0.719. The molecule has 0 amide bonds. The fraction of sp³-hybridized carbons (Fsp3) is 0.0833. The Morgan fingerprint density at radius 3 is 2.62 bits per heavy atom. The lowest BCUT2D eigenvalue weighted by Crippen LogP contribution is -2.15. The van der Waals surface area contributed by atoms with Crippen LogP contribution >= 0.6 is 11.3 Å². The monoisotopic (exact) mass is 400 g/mol. The summed E-state index contributed by atoms with van der Waals surface area (Å²) in [6.45, 7) is 2.34. The Bertz CT molecular complexity index is 1180. The zero-order valence-electron chi connectivity index (χ0n) is 16.0. The zero-order valence-corrected chi connectivity index (χ0v) is 16.8. The number of ether oxygens (including phenoxy) is 1. The molecule has 4 aromatic rings. The van der Waals surface area contributed by atoms with E-state index in [1.54, 1.807) is 11.3 Å². The second kappa shape index (κ2) is 8.71. The molecule has 0 saturated carbocycles. The lowest BCUT2D eigenvalue weighted by molar-refractivity contribution is 0.307. The van der Waals surface area contributed by atoms with Gasteiger partial charge in [-0.1, -0.05) is 54.6 Å². The summed E-state index contributed by atoms with van der Waals surface area (Å²) in [5, 5.41) is 10.8. The highest BCUT2D eigenvalue weighted by Crippen LogP contribution is 2.34. The molecule has 144 valence electrons. The first-order valence-corrected chi connectivity index (χ1v) is 10.2. The first-order chi connectivity index (χ1) is 14.2. The topological polar surface area (TPSA) is 55.0 Å². The number of nitrogens with zero attached hydrogens (tertiary/aromatic N) is 1. The van der Waals surface area contributed by atoms with Crippen LogP contribution in [-0.2, 0) is 6.61 Å². The number of aromatic amines is 1. The van der Waals surface area contributed by atoms with Crippen LogP contribution < -0.4 is 10.3 Å². The molecule has 2 aromatic carbocycles. The summed E-state index contributed by atoms with van der Waals surface area (Å²) in [4.78, 5) is 12.6. The second-order valence-electron chi connectivity index (χ2n) is 6.59. The molecule has 2 heterocycles. The third kappa shape index (κ3) is 4.36. The quantitative estimate of drug-likeness (QED) is 0.461. The Morgan fingerprint density at radius 2 is 1.83 bits per heavy atom. The summed E-state index contributed by atoms with van der Waals surface area (Å²) in [5.41, 5.74) is 4.86. The first kappa shape index (κ1) is 18.9. The fourth-order valence-electron chi connectivity index (χ4n) is 3.14. The van der Waals surface area contributed by atoms with E-state index in [-0.39, 0.29) is 5.56 Å². The molecule has 0 unspecified atom stereocenters. The average Bonchev–Trinajstić information content (AvgIpc) is 3.27. The van der Waals surface area contributed by atoms with Gasteiger partial charge in [0.2, 0.25) is 0 Å². The summed E-state index contributed by atoms with van der Waals surface area (Å²) < 4.78 is 6.12. The van der Waals surface area contributed by atoms with Crippen molar-refractivity contribution in [3.05, 3.63) is 104 Å². The van der Waals surface area contributed by atoms with Crippen molar-refractivity contribution in [3.8, 4) is 16.9 Å². The van der Waals surface area contributed by atoms with Crippen molar-refractivity contribution in [3.63, 3.8) is 0 Å². The summed E-state index contributed by atoms with van der Waals surface area (Å²) in [6, 6.07) is 19.8. The molecule has 0 atom stereocenters.